The third-order valence-corrected chi connectivity index (χ3v) is 8.70. The molecule has 3 heterocycles. The molecule has 6 rings (SSSR count). The first-order chi connectivity index (χ1) is 19.8. The Labute approximate surface area is 239 Å². The third kappa shape index (κ3) is 4.34. The molecule has 2 aliphatic heterocycles. The summed E-state index contributed by atoms with van der Waals surface area (Å²) in [4.78, 5) is 47.0. The van der Waals surface area contributed by atoms with Crippen molar-refractivity contribution in [3.8, 4) is 5.75 Å². The number of aromatic amines is 1. The van der Waals surface area contributed by atoms with Crippen LogP contribution in [-0.4, -0.2) is 58.9 Å². The van der Waals surface area contributed by atoms with Crippen LogP contribution >= 0.6 is 0 Å². The third-order valence-electron chi connectivity index (χ3n) is 8.70. The van der Waals surface area contributed by atoms with Gasteiger partial charge in [0.25, 0.3) is 5.91 Å². The molecule has 4 aromatic rings. The molecule has 1 aromatic heterocycles. The van der Waals surface area contributed by atoms with E-state index in [9.17, 15) is 14.4 Å². The Kier molecular flexibility index (Phi) is 6.77. The average molecular weight is 551 g/mol. The zero-order valence-electron chi connectivity index (χ0n) is 23.5. The van der Waals surface area contributed by atoms with Crippen molar-refractivity contribution in [1.29, 1.82) is 0 Å². The number of imide groups is 1. The van der Waals surface area contributed by atoms with Crippen molar-refractivity contribution in [2.45, 2.75) is 44.2 Å². The van der Waals surface area contributed by atoms with E-state index < -0.39 is 23.5 Å². The monoisotopic (exact) mass is 550 g/mol. The summed E-state index contributed by atoms with van der Waals surface area (Å²) >= 11 is 0. The molecule has 2 atom stereocenters. The highest BCUT2D eigenvalue weighted by Crippen LogP contribution is 2.45. The molecule has 210 valence electrons. The predicted octanol–water partition coefficient (Wildman–Crippen LogP) is 4.94. The standard InChI is InChI=1S/C33H34N4O4/c1-21(30(38)34-18-16-25(22-10-6-4-7-11-22)23-12-8-5-9-13-23)37-31(39)33(2)29-26(17-19-36(33)32(37)40)27-20-24(41-3)14-15-28(27)35-29/h4-15,20-21,25,35H,16-19H2,1-3H3,(H,34,38)/t21-,33-/m0/s1. The molecule has 0 unspecified atom stereocenters. The SMILES string of the molecule is COc1ccc2[nH]c3c(c2c1)CCN1C(=O)N([C@@H](C)C(=O)NCCC(c2ccccc2)c2ccccc2)C(=O)[C@]31C. The second-order valence-electron chi connectivity index (χ2n) is 11.0. The summed E-state index contributed by atoms with van der Waals surface area (Å²) in [5.41, 5.74) is 3.72. The Bertz CT molecular complexity index is 1580. The quantitative estimate of drug-likeness (QED) is 0.304. The Morgan fingerprint density at radius 3 is 2.32 bits per heavy atom. The molecule has 2 aliphatic rings. The second kappa shape index (κ2) is 10.4. The molecule has 1 fully saturated rings. The lowest BCUT2D eigenvalue weighted by atomic mass is 9.87. The van der Waals surface area contributed by atoms with E-state index in [0.717, 1.165) is 27.1 Å². The summed E-state index contributed by atoms with van der Waals surface area (Å²) in [5.74, 6) is 0.0945. The largest absolute Gasteiger partial charge is 0.497 e. The van der Waals surface area contributed by atoms with Crippen LogP contribution in [0, 0.1) is 0 Å². The van der Waals surface area contributed by atoms with E-state index in [1.54, 1.807) is 25.9 Å². The summed E-state index contributed by atoms with van der Waals surface area (Å²) in [6, 6.07) is 24.8. The first-order valence-corrected chi connectivity index (χ1v) is 14.1. The van der Waals surface area contributed by atoms with E-state index >= 15 is 0 Å². The van der Waals surface area contributed by atoms with Crippen LogP contribution in [0.5, 0.6) is 5.75 Å². The van der Waals surface area contributed by atoms with Gasteiger partial charge in [-0.3, -0.25) is 9.59 Å². The van der Waals surface area contributed by atoms with Gasteiger partial charge in [0.05, 0.1) is 12.8 Å². The van der Waals surface area contributed by atoms with Gasteiger partial charge in [0.15, 0.2) is 5.54 Å². The molecule has 0 saturated carbocycles. The lowest BCUT2D eigenvalue weighted by Crippen LogP contribution is -2.50. The van der Waals surface area contributed by atoms with Crippen LogP contribution in [0.2, 0.25) is 0 Å². The number of urea groups is 1. The minimum absolute atomic E-state index is 0.106. The van der Waals surface area contributed by atoms with Crippen molar-refractivity contribution in [1.82, 2.24) is 20.1 Å². The van der Waals surface area contributed by atoms with E-state index in [0.29, 0.717) is 31.6 Å². The van der Waals surface area contributed by atoms with Gasteiger partial charge in [0.1, 0.15) is 11.8 Å². The number of benzene rings is 3. The lowest BCUT2D eigenvalue weighted by Gasteiger charge is -2.36. The van der Waals surface area contributed by atoms with E-state index in [4.69, 9.17) is 4.74 Å². The van der Waals surface area contributed by atoms with Crippen molar-refractivity contribution in [2.75, 3.05) is 20.2 Å². The fourth-order valence-corrected chi connectivity index (χ4v) is 6.41. The maximum atomic E-state index is 14.0. The number of rotatable bonds is 8. The summed E-state index contributed by atoms with van der Waals surface area (Å²) in [5, 5.41) is 3.97. The van der Waals surface area contributed by atoms with Crippen molar-refractivity contribution in [3.05, 3.63) is 101 Å². The molecular formula is C33H34N4O4. The fraction of sp³-hybridized carbons (Fsp3) is 0.303. The van der Waals surface area contributed by atoms with Gasteiger partial charge in [0, 0.05) is 29.9 Å². The maximum absolute atomic E-state index is 14.0. The molecule has 2 N–H and O–H groups in total. The van der Waals surface area contributed by atoms with E-state index in [2.05, 4.69) is 34.6 Å². The van der Waals surface area contributed by atoms with Crippen LogP contribution in [0.4, 0.5) is 4.79 Å². The van der Waals surface area contributed by atoms with Crippen LogP contribution < -0.4 is 10.1 Å². The zero-order valence-corrected chi connectivity index (χ0v) is 23.5. The summed E-state index contributed by atoms with van der Waals surface area (Å²) < 4.78 is 5.41. The maximum Gasteiger partial charge on any atom is 0.328 e. The average Bonchev–Trinajstić information content (AvgIpc) is 3.47. The minimum Gasteiger partial charge on any atom is -0.497 e. The summed E-state index contributed by atoms with van der Waals surface area (Å²) in [6.45, 7) is 4.18. The van der Waals surface area contributed by atoms with Gasteiger partial charge < -0.3 is 19.9 Å². The first-order valence-electron chi connectivity index (χ1n) is 14.1. The highest BCUT2D eigenvalue weighted by atomic mass is 16.5. The highest BCUT2D eigenvalue weighted by molar-refractivity contribution is 6.11. The summed E-state index contributed by atoms with van der Waals surface area (Å²) in [7, 11) is 1.62. The number of hydrogen-bond acceptors (Lipinski definition) is 4. The number of H-pyrrole nitrogens is 1. The zero-order chi connectivity index (χ0) is 28.7. The van der Waals surface area contributed by atoms with Crippen LogP contribution in [0.25, 0.3) is 10.9 Å². The number of ether oxygens (including phenoxy) is 1. The minimum atomic E-state index is -1.21. The number of aromatic nitrogens is 1. The number of amides is 4. The molecule has 0 radical (unpaired) electrons. The number of carbonyl (C=O) groups excluding carboxylic acids is 3. The topological polar surface area (TPSA) is 94.7 Å². The van der Waals surface area contributed by atoms with Gasteiger partial charge >= 0.3 is 6.03 Å². The van der Waals surface area contributed by atoms with Crippen LogP contribution in [0.1, 0.15) is 48.6 Å². The molecule has 3 aromatic carbocycles. The molecule has 0 bridgehead atoms. The lowest BCUT2D eigenvalue weighted by molar-refractivity contribution is -0.139. The first kappa shape index (κ1) is 26.6. The number of carbonyl (C=O) groups is 3. The fourth-order valence-electron chi connectivity index (χ4n) is 6.41. The smallest absolute Gasteiger partial charge is 0.328 e. The number of methoxy groups -OCH3 is 1. The normalized spacial score (nSPS) is 18.9. The van der Waals surface area contributed by atoms with Crippen molar-refractivity contribution in [3.63, 3.8) is 0 Å². The molecule has 4 amide bonds. The Morgan fingerprint density at radius 1 is 1.02 bits per heavy atom. The van der Waals surface area contributed by atoms with Gasteiger partial charge in [-0.1, -0.05) is 60.7 Å². The van der Waals surface area contributed by atoms with Crippen molar-refractivity contribution in [2.24, 2.45) is 0 Å². The van der Waals surface area contributed by atoms with E-state index in [-0.39, 0.29) is 11.8 Å². The van der Waals surface area contributed by atoms with Gasteiger partial charge in [-0.05, 0) is 61.6 Å². The highest BCUT2D eigenvalue weighted by Gasteiger charge is 2.60. The van der Waals surface area contributed by atoms with E-state index in [1.165, 1.54) is 11.1 Å². The van der Waals surface area contributed by atoms with Crippen LogP contribution in [0.3, 0.4) is 0 Å². The van der Waals surface area contributed by atoms with Gasteiger partial charge in [0.2, 0.25) is 5.91 Å². The number of hydrogen-bond donors (Lipinski definition) is 2. The molecule has 0 spiro atoms. The van der Waals surface area contributed by atoms with Gasteiger partial charge in [-0.25, -0.2) is 9.69 Å². The van der Waals surface area contributed by atoms with Gasteiger partial charge in [-0.15, -0.1) is 0 Å². The Balaban J connectivity index is 1.20. The van der Waals surface area contributed by atoms with Crippen molar-refractivity contribution < 1.29 is 19.1 Å². The molecular weight excluding hydrogens is 516 g/mol. The Hall–Kier alpha value is -4.59. The van der Waals surface area contributed by atoms with E-state index in [1.807, 2.05) is 54.6 Å². The predicted molar refractivity (Wildman–Crippen MR) is 157 cm³/mol. The van der Waals surface area contributed by atoms with Gasteiger partial charge in [-0.2, -0.15) is 0 Å². The summed E-state index contributed by atoms with van der Waals surface area (Å²) in [6.07, 6.45) is 1.28. The van der Waals surface area contributed by atoms with Crippen LogP contribution in [0.15, 0.2) is 78.9 Å². The number of nitrogens with zero attached hydrogens (tertiary/aromatic N) is 2. The number of nitrogens with one attached hydrogen (secondary N) is 2. The molecule has 0 aliphatic carbocycles. The molecule has 1 saturated heterocycles. The second-order valence-corrected chi connectivity index (χ2v) is 11.0. The molecule has 41 heavy (non-hydrogen) atoms. The van der Waals surface area contributed by atoms with Crippen molar-refractivity contribution >= 4 is 28.7 Å². The van der Waals surface area contributed by atoms with Crippen LogP contribution in [-0.2, 0) is 21.5 Å². The Morgan fingerprint density at radius 2 is 1.68 bits per heavy atom. The molecule has 8 nitrogen and oxygen atoms in total. The number of fused-ring (bicyclic) bond motifs is 5. The molecule has 8 heteroatoms.